The molecule has 24 heavy (non-hydrogen) atoms. The predicted octanol–water partition coefficient (Wildman–Crippen LogP) is 3.33. The zero-order valence-electron chi connectivity index (χ0n) is 12.7. The van der Waals surface area contributed by atoms with E-state index in [1.807, 2.05) is 23.6 Å². The molecule has 6 heteroatoms. The van der Waals surface area contributed by atoms with Crippen molar-refractivity contribution < 1.29 is 9.59 Å². The summed E-state index contributed by atoms with van der Waals surface area (Å²) in [5.41, 5.74) is 2.23. The van der Waals surface area contributed by atoms with E-state index in [1.165, 1.54) is 11.3 Å². The molecular weight excluding hydrogens is 322 g/mol. The summed E-state index contributed by atoms with van der Waals surface area (Å²) in [6.45, 7) is 0.326. The molecule has 0 radical (unpaired) electrons. The Labute approximate surface area is 143 Å². The van der Waals surface area contributed by atoms with Crippen LogP contribution in [-0.4, -0.2) is 16.8 Å². The minimum Gasteiger partial charge on any atom is -0.346 e. The van der Waals surface area contributed by atoms with Crippen LogP contribution in [-0.2, 0) is 6.54 Å². The van der Waals surface area contributed by atoms with Crippen LogP contribution in [0.5, 0.6) is 0 Å². The third-order valence-electron chi connectivity index (χ3n) is 3.36. The summed E-state index contributed by atoms with van der Waals surface area (Å²) in [6, 6.07) is 14.2. The van der Waals surface area contributed by atoms with Crippen LogP contribution in [0.2, 0.25) is 0 Å². The summed E-state index contributed by atoms with van der Waals surface area (Å²) in [4.78, 5) is 28.8. The van der Waals surface area contributed by atoms with Gasteiger partial charge in [0, 0.05) is 11.6 Å². The van der Waals surface area contributed by atoms with Crippen LogP contribution in [0.1, 0.15) is 26.4 Å². The smallest absolute Gasteiger partial charge is 0.256 e. The van der Waals surface area contributed by atoms with E-state index in [0.29, 0.717) is 23.4 Å². The highest BCUT2D eigenvalue weighted by molar-refractivity contribution is 7.08. The Morgan fingerprint density at radius 1 is 1.00 bits per heavy atom. The summed E-state index contributed by atoms with van der Waals surface area (Å²) in [6.07, 6.45) is 1.68. The SMILES string of the molecule is O=C(Nc1ccccc1C(=O)NCc1ccccn1)c1ccsc1. The Hall–Kier alpha value is -2.99. The second kappa shape index (κ2) is 7.52. The molecule has 1 aromatic carbocycles. The quantitative estimate of drug-likeness (QED) is 0.750. The maximum atomic E-state index is 12.4. The molecular formula is C18H15N3O2S. The molecule has 5 nitrogen and oxygen atoms in total. The number of para-hydroxylation sites is 1. The van der Waals surface area contributed by atoms with E-state index in [-0.39, 0.29) is 11.8 Å². The van der Waals surface area contributed by atoms with Crippen LogP contribution in [0.3, 0.4) is 0 Å². The van der Waals surface area contributed by atoms with E-state index in [1.54, 1.807) is 41.9 Å². The van der Waals surface area contributed by atoms with Gasteiger partial charge in [-0.05, 0) is 35.7 Å². The van der Waals surface area contributed by atoms with Crippen molar-refractivity contribution in [3.8, 4) is 0 Å². The maximum Gasteiger partial charge on any atom is 0.256 e. The number of pyridine rings is 1. The van der Waals surface area contributed by atoms with E-state index in [9.17, 15) is 9.59 Å². The van der Waals surface area contributed by atoms with Gasteiger partial charge in [-0.3, -0.25) is 14.6 Å². The van der Waals surface area contributed by atoms with Gasteiger partial charge in [0.25, 0.3) is 11.8 Å². The Balaban J connectivity index is 1.71. The van der Waals surface area contributed by atoms with Crippen molar-refractivity contribution in [1.29, 1.82) is 0 Å². The number of rotatable bonds is 5. The lowest BCUT2D eigenvalue weighted by Gasteiger charge is -2.11. The fraction of sp³-hybridized carbons (Fsp3) is 0.0556. The molecule has 0 aliphatic carbocycles. The number of aromatic nitrogens is 1. The topological polar surface area (TPSA) is 71.1 Å². The second-order valence-corrected chi connectivity index (χ2v) is 5.80. The average molecular weight is 337 g/mol. The molecule has 0 aliphatic heterocycles. The molecule has 0 bridgehead atoms. The number of hydrogen-bond acceptors (Lipinski definition) is 4. The van der Waals surface area contributed by atoms with Crippen molar-refractivity contribution in [2.75, 3.05) is 5.32 Å². The molecule has 3 rings (SSSR count). The molecule has 0 saturated heterocycles. The molecule has 0 atom stereocenters. The lowest BCUT2D eigenvalue weighted by Crippen LogP contribution is -2.25. The molecule has 2 N–H and O–H groups in total. The molecule has 2 amide bonds. The zero-order valence-corrected chi connectivity index (χ0v) is 13.5. The number of amides is 2. The van der Waals surface area contributed by atoms with Gasteiger partial charge in [0.15, 0.2) is 0 Å². The first-order valence-electron chi connectivity index (χ1n) is 7.35. The van der Waals surface area contributed by atoms with Crippen LogP contribution in [0.15, 0.2) is 65.5 Å². The number of nitrogens with one attached hydrogen (secondary N) is 2. The van der Waals surface area contributed by atoms with E-state index in [4.69, 9.17) is 0 Å². The number of carbonyl (C=O) groups is 2. The normalized spacial score (nSPS) is 10.2. The van der Waals surface area contributed by atoms with E-state index >= 15 is 0 Å². The van der Waals surface area contributed by atoms with E-state index in [2.05, 4.69) is 15.6 Å². The van der Waals surface area contributed by atoms with Gasteiger partial charge in [0.05, 0.1) is 29.1 Å². The average Bonchev–Trinajstić information content (AvgIpc) is 3.16. The first-order valence-corrected chi connectivity index (χ1v) is 8.29. The second-order valence-electron chi connectivity index (χ2n) is 5.02. The van der Waals surface area contributed by atoms with Crippen molar-refractivity contribution in [1.82, 2.24) is 10.3 Å². The highest BCUT2D eigenvalue weighted by Gasteiger charge is 2.14. The zero-order chi connectivity index (χ0) is 16.8. The molecule has 2 aromatic heterocycles. The minimum absolute atomic E-state index is 0.235. The molecule has 0 fully saturated rings. The van der Waals surface area contributed by atoms with Crippen LogP contribution in [0.25, 0.3) is 0 Å². The van der Waals surface area contributed by atoms with Gasteiger partial charge in [0.2, 0.25) is 0 Å². The molecule has 2 heterocycles. The number of carbonyl (C=O) groups excluding carboxylic acids is 2. The molecule has 0 aliphatic rings. The first-order chi connectivity index (χ1) is 11.7. The fourth-order valence-electron chi connectivity index (χ4n) is 2.15. The van der Waals surface area contributed by atoms with Crippen LogP contribution in [0, 0.1) is 0 Å². The Bertz CT molecular complexity index is 832. The predicted molar refractivity (Wildman–Crippen MR) is 94.1 cm³/mol. The van der Waals surface area contributed by atoms with Crippen molar-refractivity contribution in [3.63, 3.8) is 0 Å². The highest BCUT2D eigenvalue weighted by atomic mass is 32.1. The van der Waals surface area contributed by atoms with Crippen molar-refractivity contribution in [2.45, 2.75) is 6.54 Å². The summed E-state index contributed by atoms with van der Waals surface area (Å²) in [5.74, 6) is -0.497. The van der Waals surface area contributed by atoms with Crippen molar-refractivity contribution in [3.05, 3.63) is 82.3 Å². The van der Waals surface area contributed by atoms with Crippen LogP contribution >= 0.6 is 11.3 Å². The van der Waals surface area contributed by atoms with Gasteiger partial charge < -0.3 is 10.6 Å². The Kier molecular flexibility index (Phi) is 4.98. The number of hydrogen-bond donors (Lipinski definition) is 2. The number of anilines is 1. The van der Waals surface area contributed by atoms with E-state index in [0.717, 1.165) is 5.69 Å². The lowest BCUT2D eigenvalue weighted by atomic mass is 10.1. The number of nitrogens with zero attached hydrogens (tertiary/aromatic N) is 1. The molecule has 120 valence electrons. The minimum atomic E-state index is -0.262. The van der Waals surface area contributed by atoms with Crippen LogP contribution in [0.4, 0.5) is 5.69 Å². The summed E-state index contributed by atoms with van der Waals surface area (Å²) < 4.78 is 0. The third kappa shape index (κ3) is 3.85. The number of thiophene rings is 1. The van der Waals surface area contributed by atoms with Crippen molar-refractivity contribution >= 4 is 28.8 Å². The molecule has 3 aromatic rings. The fourth-order valence-corrected chi connectivity index (χ4v) is 2.78. The van der Waals surface area contributed by atoms with E-state index < -0.39 is 0 Å². The highest BCUT2D eigenvalue weighted by Crippen LogP contribution is 2.17. The first kappa shape index (κ1) is 15.9. The van der Waals surface area contributed by atoms with Gasteiger partial charge in [-0.2, -0.15) is 11.3 Å². The summed E-state index contributed by atoms with van der Waals surface area (Å²) in [5, 5.41) is 9.19. The Morgan fingerprint density at radius 2 is 1.83 bits per heavy atom. The van der Waals surface area contributed by atoms with Gasteiger partial charge in [0.1, 0.15) is 0 Å². The molecule has 0 spiro atoms. The number of benzene rings is 1. The lowest BCUT2D eigenvalue weighted by molar-refractivity contribution is 0.0951. The molecule has 0 unspecified atom stereocenters. The third-order valence-corrected chi connectivity index (χ3v) is 4.04. The summed E-state index contributed by atoms with van der Waals surface area (Å²) >= 11 is 1.45. The Morgan fingerprint density at radius 3 is 2.58 bits per heavy atom. The van der Waals surface area contributed by atoms with Gasteiger partial charge in [-0.15, -0.1) is 0 Å². The monoisotopic (exact) mass is 337 g/mol. The van der Waals surface area contributed by atoms with Crippen molar-refractivity contribution in [2.24, 2.45) is 0 Å². The maximum absolute atomic E-state index is 12.4. The van der Waals surface area contributed by atoms with Gasteiger partial charge in [-0.25, -0.2) is 0 Å². The van der Waals surface area contributed by atoms with Gasteiger partial charge in [-0.1, -0.05) is 18.2 Å². The standard InChI is InChI=1S/C18H15N3O2S/c22-17(13-8-10-24-12-13)21-16-7-2-1-6-15(16)18(23)20-11-14-5-3-4-9-19-14/h1-10,12H,11H2,(H,20,23)(H,21,22). The van der Waals surface area contributed by atoms with Crippen LogP contribution < -0.4 is 10.6 Å². The van der Waals surface area contributed by atoms with Gasteiger partial charge >= 0.3 is 0 Å². The molecule has 0 saturated carbocycles. The summed E-state index contributed by atoms with van der Waals surface area (Å²) in [7, 11) is 0. The largest absolute Gasteiger partial charge is 0.346 e.